The minimum atomic E-state index is -0.471. The quantitative estimate of drug-likeness (QED) is 0.661. The van der Waals surface area contributed by atoms with Gasteiger partial charge in [-0.1, -0.05) is 0 Å². The number of nitrogens with one attached hydrogen (secondary N) is 1. The first-order chi connectivity index (χ1) is 10.0. The third-order valence-electron chi connectivity index (χ3n) is 3.08. The molecule has 1 aromatic carbocycles. The van der Waals surface area contributed by atoms with Gasteiger partial charge in [-0.15, -0.1) is 11.6 Å². The molecule has 0 unspecified atom stereocenters. The summed E-state index contributed by atoms with van der Waals surface area (Å²) in [7, 11) is 0. The average Bonchev–Trinajstić information content (AvgIpc) is 2.85. The van der Waals surface area contributed by atoms with E-state index in [0.717, 1.165) is 0 Å². The Hall–Kier alpha value is -2.08. The lowest BCUT2D eigenvalue weighted by Crippen LogP contribution is -2.33. The van der Waals surface area contributed by atoms with Gasteiger partial charge in [0.25, 0.3) is 0 Å². The molecule has 1 saturated heterocycles. The van der Waals surface area contributed by atoms with Gasteiger partial charge in [-0.2, -0.15) is 0 Å². The fraction of sp³-hybridized carbons (Fsp3) is 0.357. The van der Waals surface area contributed by atoms with Gasteiger partial charge >= 0.3 is 6.09 Å². The van der Waals surface area contributed by atoms with E-state index >= 15 is 0 Å². The summed E-state index contributed by atoms with van der Waals surface area (Å²) in [6, 6.07) is 6.58. The Bertz CT molecular complexity index is 559. The zero-order chi connectivity index (χ0) is 15.4. The predicted octanol–water partition coefficient (Wildman–Crippen LogP) is 1.57. The minimum Gasteiger partial charge on any atom is -0.442 e. The molecule has 2 amide bonds. The third-order valence-corrected chi connectivity index (χ3v) is 3.32. The molecule has 0 aromatic heterocycles. The van der Waals surface area contributed by atoms with Crippen molar-refractivity contribution < 1.29 is 19.1 Å². The van der Waals surface area contributed by atoms with E-state index in [2.05, 4.69) is 5.32 Å². The van der Waals surface area contributed by atoms with E-state index in [4.69, 9.17) is 16.3 Å². The highest BCUT2D eigenvalue weighted by Crippen LogP contribution is 2.22. The molecule has 0 radical (unpaired) electrons. The van der Waals surface area contributed by atoms with Crippen LogP contribution in [-0.2, 0) is 9.53 Å². The van der Waals surface area contributed by atoms with Gasteiger partial charge < -0.3 is 10.1 Å². The van der Waals surface area contributed by atoms with Gasteiger partial charge in [-0.25, -0.2) is 4.79 Å². The summed E-state index contributed by atoms with van der Waals surface area (Å²) in [6.07, 6.45) is -0.854. The van der Waals surface area contributed by atoms with E-state index < -0.39 is 6.09 Å². The van der Waals surface area contributed by atoms with Crippen LogP contribution in [0.3, 0.4) is 0 Å². The molecule has 1 aliphatic rings. The highest BCUT2D eigenvalue weighted by molar-refractivity contribution is 6.30. The topological polar surface area (TPSA) is 75.7 Å². The lowest BCUT2D eigenvalue weighted by molar-refractivity contribution is -0.119. The smallest absolute Gasteiger partial charge is 0.414 e. The van der Waals surface area contributed by atoms with Crippen LogP contribution in [-0.4, -0.2) is 42.9 Å². The van der Waals surface area contributed by atoms with Crippen LogP contribution in [0.2, 0.25) is 0 Å². The van der Waals surface area contributed by atoms with E-state index in [1.165, 1.54) is 11.8 Å². The van der Waals surface area contributed by atoms with Crippen LogP contribution in [0.5, 0.6) is 0 Å². The molecule has 0 spiro atoms. The molecule has 0 aliphatic carbocycles. The molecule has 0 saturated carbocycles. The first kappa shape index (κ1) is 15.3. The molecule has 112 valence electrons. The second kappa shape index (κ2) is 6.58. The number of amides is 2. The fourth-order valence-electron chi connectivity index (χ4n) is 2.00. The first-order valence-corrected chi connectivity index (χ1v) is 6.96. The number of Topliss-reactive ketones (excluding diaryl/α,β-unsaturated/α-hetero) is 1. The normalized spacial score (nSPS) is 17.5. The Balaban J connectivity index is 2.03. The standard InChI is InChI=1S/C14H15ClN2O4/c1-9(18)16-7-12-8-17(14(20)21-12)11-4-2-10(3-5-11)13(19)6-15/h2-5,12H,6-8H2,1H3,(H,16,18)/t12-/m0/s1. The number of rotatable bonds is 5. The Morgan fingerprint density at radius 3 is 2.62 bits per heavy atom. The summed E-state index contributed by atoms with van der Waals surface area (Å²) in [5, 5.41) is 2.61. The molecule has 1 aromatic rings. The van der Waals surface area contributed by atoms with Crippen LogP contribution in [0.1, 0.15) is 17.3 Å². The summed E-state index contributed by atoms with van der Waals surface area (Å²) in [4.78, 5) is 35.6. The average molecular weight is 311 g/mol. The molecular weight excluding hydrogens is 296 g/mol. The van der Waals surface area contributed by atoms with Crippen molar-refractivity contribution in [2.24, 2.45) is 0 Å². The maximum Gasteiger partial charge on any atom is 0.414 e. The molecule has 1 heterocycles. The van der Waals surface area contributed by atoms with Crippen molar-refractivity contribution in [3.63, 3.8) is 0 Å². The summed E-state index contributed by atoms with van der Waals surface area (Å²) in [5.41, 5.74) is 1.13. The SMILES string of the molecule is CC(=O)NC[C@H]1CN(c2ccc(C(=O)CCl)cc2)C(=O)O1. The third kappa shape index (κ3) is 3.72. The van der Waals surface area contributed by atoms with Crippen molar-refractivity contribution in [1.82, 2.24) is 5.32 Å². The summed E-state index contributed by atoms with van der Waals surface area (Å²) < 4.78 is 5.16. The van der Waals surface area contributed by atoms with Crippen LogP contribution in [0.4, 0.5) is 10.5 Å². The van der Waals surface area contributed by atoms with Gasteiger partial charge in [0.1, 0.15) is 6.10 Å². The van der Waals surface area contributed by atoms with Crippen molar-refractivity contribution in [2.75, 3.05) is 23.9 Å². The number of ether oxygens (including phenoxy) is 1. The summed E-state index contributed by atoms with van der Waals surface area (Å²) in [5.74, 6) is -0.423. The molecule has 6 nitrogen and oxygen atoms in total. The van der Waals surface area contributed by atoms with Gasteiger partial charge in [0, 0.05) is 18.2 Å². The maximum absolute atomic E-state index is 11.8. The van der Waals surface area contributed by atoms with Crippen LogP contribution < -0.4 is 10.2 Å². The molecule has 21 heavy (non-hydrogen) atoms. The Morgan fingerprint density at radius 1 is 1.38 bits per heavy atom. The van der Waals surface area contributed by atoms with Crippen molar-refractivity contribution in [3.05, 3.63) is 29.8 Å². The van der Waals surface area contributed by atoms with Gasteiger partial charge in [-0.3, -0.25) is 14.5 Å². The van der Waals surface area contributed by atoms with E-state index in [9.17, 15) is 14.4 Å². The van der Waals surface area contributed by atoms with Gasteiger partial charge in [0.15, 0.2) is 5.78 Å². The van der Waals surface area contributed by atoms with Gasteiger partial charge in [0.2, 0.25) is 5.91 Å². The van der Waals surface area contributed by atoms with E-state index in [0.29, 0.717) is 17.8 Å². The minimum absolute atomic E-state index is 0.0795. The lowest BCUT2D eigenvalue weighted by atomic mass is 10.1. The summed E-state index contributed by atoms with van der Waals surface area (Å²) >= 11 is 5.49. The number of halogens is 1. The highest BCUT2D eigenvalue weighted by atomic mass is 35.5. The van der Waals surface area contributed by atoms with E-state index in [1.54, 1.807) is 24.3 Å². The zero-order valence-electron chi connectivity index (χ0n) is 11.5. The van der Waals surface area contributed by atoms with Crippen LogP contribution in [0.25, 0.3) is 0 Å². The first-order valence-electron chi connectivity index (χ1n) is 6.43. The lowest BCUT2D eigenvalue weighted by Gasteiger charge is -2.13. The monoisotopic (exact) mass is 310 g/mol. The zero-order valence-corrected chi connectivity index (χ0v) is 12.2. The molecular formula is C14H15ClN2O4. The van der Waals surface area contributed by atoms with Crippen molar-refractivity contribution in [2.45, 2.75) is 13.0 Å². The van der Waals surface area contributed by atoms with Crippen LogP contribution in [0, 0.1) is 0 Å². The van der Waals surface area contributed by atoms with Crippen LogP contribution >= 0.6 is 11.6 Å². The van der Waals surface area contributed by atoms with Gasteiger partial charge in [-0.05, 0) is 24.3 Å². The molecule has 1 atom stereocenters. The molecule has 1 fully saturated rings. The second-order valence-corrected chi connectivity index (χ2v) is 4.92. The summed E-state index contributed by atoms with van der Waals surface area (Å²) in [6.45, 7) is 2.03. The van der Waals surface area contributed by atoms with Crippen LogP contribution in [0.15, 0.2) is 24.3 Å². The number of benzene rings is 1. The number of hydrogen-bond donors (Lipinski definition) is 1. The molecule has 2 rings (SSSR count). The highest BCUT2D eigenvalue weighted by Gasteiger charge is 2.32. The van der Waals surface area contributed by atoms with E-state index in [1.807, 2.05) is 0 Å². The molecule has 1 N–H and O–H groups in total. The number of carbonyl (C=O) groups is 3. The molecule has 7 heteroatoms. The number of anilines is 1. The Kier molecular flexibility index (Phi) is 4.80. The predicted molar refractivity (Wildman–Crippen MR) is 77.8 cm³/mol. The van der Waals surface area contributed by atoms with Crippen molar-refractivity contribution in [3.8, 4) is 0 Å². The number of hydrogen-bond acceptors (Lipinski definition) is 4. The second-order valence-electron chi connectivity index (χ2n) is 4.66. The number of alkyl halides is 1. The fourth-order valence-corrected chi connectivity index (χ4v) is 2.15. The molecule has 0 bridgehead atoms. The largest absolute Gasteiger partial charge is 0.442 e. The van der Waals surface area contributed by atoms with Gasteiger partial charge in [0.05, 0.1) is 19.0 Å². The maximum atomic E-state index is 11.8. The number of cyclic esters (lactones) is 1. The van der Waals surface area contributed by atoms with Crippen molar-refractivity contribution in [1.29, 1.82) is 0 Å². The number of ketones is 1. The Morgan fingerprint density at radius 2 is 2.05 bits per heavy atom. The number of carbonyl (C=O) groups excluding carboxylic acids is 3. The Labute approximate surface area is 127 Å². The molecule has 1 aliphatic heterocycles. The van der Waals surface area contributed by atoms with Crippen molar-refractivity contribution >= 4 is 35.1 Å². The van der Waals surface area contributed by atoms with E-state index in [-0.39, 0.29) is 30.2 Å². The number of nitrogens with zero attached hydrogens (tertiary/aromatic N) is 1.